The molecule has 0 unspecified atom stereocenters. The zero-order valence-corrected chi connectivity index (χ0v) is 11.5. The van der Waals surface area contributed by atoms with Crippen molar-refractivity contribution in [1.82, 2.24) is 0 Å². The van der Waals surface area contributed by atoms with E-state index in [0.29, 0.717) is 12.1 Å². The van der Waals surface area contributed by atoms with Gasteiger partial charge in [0.15, 0.2) is 0 Å². The Kier molecular flexibility index (Phi) is 34.2. The van der Waals surface area contributed by atoms with E-state index in [1.165, 1.54) is 0 Å². The third-order valence-corrected chi connectivity index (χ3v) is 1.04. The summed E-state index contributed by atoms with van der Waals surface area (Å²) in [6.45, 7) is 14.4. The average Bonchev–Trinajstić information content (AvgIpc) is 1.87. The van der Waals surface area contributed by atoms with E-state index >= 15 is 0 Å². The molecule has 0 saturated carbocycles. The monoisotopic (exact) mass is 186 g/mol. The van der Waals surface area contributed by atoms with Gasteiger partial charge in [0.2, 0.25) is 0 Å². The van der Waals surface area contributed by atoms with Gasteiger partial charge in [-0.25, -0.2) is 0 Å². The Bertz CT molecular complexity index is 70.5. The smallest absolute Gasteiger partial charge is 0.663 e. The van der Waals surface area contributed by atoms with Crippen LogP contribution in [0.25, 0.3) is 10.6 Å². The number of hydrogen-bond acceptors (Lipinski definition) is 0. The number of nitrogens with zero attached hydrogens (tertiary/aromatic N) is 2. The van der Waals surface area contributed by atoms with Crippen LogP contribution in [0.5, 0.6) is 0 Å². The van der Waals surface area contributed by atoms with Crippen LogP contribution in [0.4, 0.5) is 0 Å². The molecular formula is C10H24Li2N2. The van der Waals surface area contributed by atoms with E-state index in [2.05, 4.69) is 38.3 Å². The Labute approximate surface area is 115 Å². The van der Waals surface area contributed by atoms with Gasteiger partial charge in [-0.05, 0) is 0 Å². The predicted octanol–water partition coefficient (Wildman–Crippen LogP) is -2.42. The molecule has 0 atom stereocenters. The van der Waals surface area contributed by atoms with Crippen LogP contribution in [-0.4, -0.2) is 25.2 Å². The van der Waals surface area contributed by atoms with Gasteiger partial charge in [0, 0.05) is 0 Å². The summed E-state index contributed by atoms with van der Waals surface area (Å²) in [5.74, 6) is 0. The Morgan fingerprint density at radius 3 is 1.07 bits per heavy atom. The molecule has 0 N–H and O–H groups in total. The van der Waals surface area contributed by atoms with Crippen molar-refractivity contribution in [3.05, 3.63) is 10.6 Å². The quantitative estimate of drug-likeness (QED) is 0.437. The van der Waals surface area contributed by atoms with Gasteiger partial charge in [-0.1, -0.05) is 41.5 Å². The molecule has 0 heterocycles. The molecule has 0 radical (unpaired) electrons. The maximum atomic E-state index is 4.28. The maximum Gasteiger partial charge on any atom is 1.00 e. The first-order valence-electron chi connectivity index (χ1n) is 4.87. The third-order valence-electron chi connectivity index (χ3n) is 1.04. The molecule has 0 rings (SSSR count). The van der Waals surface area contributed by atoms with Gasteiger partial charge in [0.25, 0.3) is 0 Å². The molecule has 4 heteroatoms. The molecule has 0 aromatic rings. The van der Waals surface area contributed by atoms with Crippen LogP contribution in [-0.2, 0) is 0 Å². The molecule has 0 saturated heterocycles. The van der Waals surface area contributed by atoms with Crippen molar-refractivity contribution in [2.24, 2.45) is 0 Å². The van der Waals surface area contributed by atoms with E-state index in [1.807, 2.05) is 13.8 Å². The topological polar surface area (TPSA) is 28.2 Å². The molecule has 0 aromatic carbocycles. The van der Waals surface area contributed by atoms with E-state index in [-0.39, 0.29) is 37.7 Å². The minimum absolute atomic E-state index is 0. The average molecular weight is 186 g/mol. The molecule has 0 aliphatic rings. The van der Waals surface area contributed by atoms with Gasteiger partial charge >= 0.3 is 37.7 Å². The van der Waals surface area contributed by atoms with Crippen molar-refractivity contribution in [3.63, 3.8) is 0 Å². The molecule has 2 nitrogen and oxygen atoms in total. The van der Waals surface area contributed by atoms with Crippen molar-refractivity contribution in [3.8, 4) is 0 Å². The van der Waals surface area contributed by atoms with Crippen molar-refractivity contribution in [2.75, 3.05) is 13.1 Å². The van der Waals surface area contributed by atoms with E-state index in [1.54, 1.807) is 0 Å². The van der Waals surface area contributed by atoms with Crippen molar-refractivity contribution in [1.29, 1.82) is 0 Å². The summed E-state index contributed by atoms with van der Waals surface area (Å²) in [7, 11) is 0. The van der Waals surface area contributed by atoms with Crippen LogP contribution in [0.3, 0.4) is 0 Å². The van der Waals surface area contributed by atoms with Gasteiger partial charge < -0.3 is 10.6 Å². The second-order valence-electron chi connectivity index (χ2n) is 3.19. The van der Waals surface area contributed by atoms with Crippen LogP contribution in [0.15, 0.2) is 0 Å². The van der Waals surface area contributed by atoms with Crippen LogP contribution in [0.2, 0.25) is 0 Å². The van der Waals surface area contributed by atoms with Gasteiger partial charge in [0.1, 0.15) is 0 Å². The molecule has 0 aromatic heterocycles. The second kappa shape index (κ2) is 19.7. The summed E-state index contributed by atoms with van der Waals surface area (Å²) in [6, 6.07) is 1.000. The maximum absolute atomic E-state index is 4.28. The van der Waals surface area contributed by atoms with E-state index in [9.17, 15) is 0 Å². The summed E-state index contributed by atoms with van der Waals surface area (Å²) in [5.41, 5.74) is 0. The van der Waals surface area contributed by atoms with Gasteiger partial charge in [-0.15, -0.1) is 12.1 Å². The first kappa shape index (κ1) is 24.4. The SMILES string of the molecule is CC(C)[N-]C(C)C.CC[N-]CC.[Li+].[Li+]. The van der Waals surface area contributed by atoms with Crippen molar-refractivity contribution >= 4 is 0 Å². The van der Waals surface area contributed by atoms with Gasteiger partial charge in [-0.2, -0.15) is 13.1 Å². The summed E-state index contributed by atoms with van der Waals surface area (Å²) in [4.78, 5) is 0. The molecule has 0 aliphatic heterocycles. The van der Waals surface area contributed by atoms with Crippen molar-refractivity contribution in [2.45, 2.75) is 53.6 Å². The first-order valence-corrected chi connectivity index (χ1v) is 4.87. The van der Waals surface area contributed by atoms with Crippen LogP contribution in [0, 0.1) is 0 Å². The van der Waals surface area contributed by atoms with E-state index in [4.69, 9.17) is 0 Å². The van der Waals surface area contributed by atoms with E-state index < -0.39 is 0 Å². The third kappa shape index (κ3) is 38.0. The fraction of sp³-hybridized carbons (Fsp3) is 1.00. The molecule has 0 bridgehead atoms. The predicted molar refractivity (Wildman–Crippen MR) is 58.1 cm³/mol. The minimum Gasteiger partial charge on any atom is -0.663 e. The van der Waals surface area contributed by atoms with Gasteiger partial charge in [0.05, 0.1) is 0 Å². The summed E-state index contributed by atoms with van der Waals surface area (Å²) >= 11 is 0. The fourth-order valence-electron chi connectivity index (χ4n) is 0.820. The van der Waals surface area contributed by atoms with Crippen molar-refractivity contribution < 1.29 is 37.7 Å². The first-order chi connectivity index (χ1) is 5.54. The Hall–Kier alpha value is 1.11. The fourth-order valence-corrected chi connectivity index (χ4v) is 0.820. The number of rotatable bonds is 4. The molecule has 0 amide bonds. The molecule has 0 spiro atoms. The van der Waals surface area contributed by atoms with Crippen LogP contribution in [0.1, 0.15) is 41.5 Å². The Morgan fingerprint density at radius 2 is 1.07 bits per heavy atom. The molecule has 76 valence electrons. The van der Waals surface area contributed by atoms with Crippen LogP contribution >= 0.6 is 0 Å². The molecule has 14 heavy (non-hydrogen) atoms. The molecule has 0 aliphatic carbocycles. The molecular weight excluding hydrogens is 162 g/mol. The van der Waals surface area contributed by atoms with Gasteiger partial charge in [-0.3, -0.25) is 0 Å². The number of hydrogen-bond donors (Lipinski definition) is 0. The van der Waals surface area contributed by atoms with Crippen LogP contribution < -0.4 is 37.7 Å². The molecule has 0 fully saturated rings. The Morgan fingerprint density at radius 1 is 0.786 bits per heavy atom. The normalized spacial score (nSPS) is 8.57. The largest absolute Gasteiger partial charge is 1.00 e. The summed E-state index contributed by atoms with van der Waals surface area (Å²) < 4.78 is 0. The second-order valence-corrected chi connectivity index (χ2v) is 3.19. The summed E-state index contributed by atoms with van der Waals surface area (Å²) in [5, 5.41) is 8.25. The van der Waals surface area contributed by atoms with E-state index in [0.717, 1.165) is 13.1 Å². The Balaban J connectivity index is -0.0000000651. The zero-order valence-electron chi connectivity index (χ0n) is 11.5. The standard InChI is InChI=1S/C6H14N.C4H10N.2Li/c1-5(2)7-6(3)4;1-3-5-4-2;;/h5-6H,1-4H3;3-4H2,1-2H3;;/q2*-1;2*+1. The summed E-state index contributed by atoms with van der Waals surface area (Å²) in [6.07, 6.45) is 0. The zero-order chi connectivity index (χ0) is 9.98. The minimum atomic E-state index is 0.